The predicted octanol–water partition coefficient (Wildman–Crippen LogP) is 9.16. The number of phenolic OH excluding ortho intramolecular Hbond substituents is 5. The van der Waals surface area contributed by atoms with E-state index in [1.165, 1.54) is 36.6 Å². The number of aliphatic hydroxyl groups excluding tert-OH is 2. The average molecular weight is 860 g/mol. The van der Waals surface area contributed by atoms with Crippen LogP contribution in [0.5, 0.6) is 28.7 Å². The first-order chi connectivity index (χ1) is 31.1. The van der Waals surface area contributed by atoms with Crippen LogP contribution in [-0.4, -0.2) is 64.5 Å². The van der Waals surface area contributed by atoms with Crippen molar-refractivity contribution < 1.29 is 35.7 Å². The molecule has 10 heteroatoms. The number of aliphatic hydroxyl groups is 2. The molecule has 64 heavy (non-hydrogen) atoms. The molecular formula is C54H57N3O7. The van der Waals surface area contributed by atoms with Gasteiger partial charge < -0.3 is 40.7 Å². The van der Waals surface area contributed by atoms with E-state index in [9.17, 15) is 35.7 Å². The maximum Gasteiger partial charge on any atom is 0.169 e. The number of fused-ring (bicyclic) bond motifs is 4. The number of rotatable bonds is 9. The molecule has 330 valence electrons. The number of aryl methyl sites for hydroxylation is 1. The van der Waals surface area contributed by atoms with E-state index in [0.29, 0.717) is 53.2 Å². The van der Waals surface area contributed by atoms with Gasteiger partial charge in [-0.3, -0.25) is 5.32 Å². The third-order valence-electron chi connectivity index (χ3n) is 17.0. The number of H-pyrrole nitrogens is 1. The van der Waals surface area contributed by atoms with Gasteiger partial charge in [0.1, 0.15) is 5.75 Å². The Kier molecular flexibility index (Phi) is 9.87. The highest BCUT2D eigenvalue weighted by Gasteiger charge is 2.75. The van der Waals surface area contributed by atoms with Gasteiger partial charge in [-0.25, -0.2) is 4.98 Å². The van der Waals surface area contributed by atoms with Crippen molar-refractivity contribution in [1.82, 2.24) is 15.3 Å². The molecule has 3 saturated carbocycles. The van der Waals surface area contributed by atoms with Crippen molar-refractivity contribution in [1.29, 1.82) is 0 Å². The number of hydrogen-bond donors (Lipinski definition) is 9. The Labute approximate surface area is 373 Å². The molecular weight excluding hydrogens is 803 g/mol. The highest BCUT2D eigenvalue weighted by atomic mass is 16.3. The third kappa shape index (κ3) is 5.91. The summed E-state index contributed by atoms with van der Waals surface area (Å²) >= 11 is 0. The van der Waals surface area contributed by atoms with Gasteiger partial charge >= 0.3 is 0 Å². The average Bonchev–Trinajstić information content (AvgIpc) is 4.08. The summed E-state index contributed by atoms with van der Waals surface area (Å²) in [6, 6.07) is 17.7. The van der Waals surface area contributed by atoms with Gasteiger partial charge in [0.25, 0.3) is 0 Å². The zero-order valence-corrected chi connectivity index (χ0v) is 35.9. The molecule has 0 saturated heterocycles. The van der Waals surface area contributed by atoms with Crippen LogP contribution in [0.2, 0.25) is 0 Å². The van der Waals surface area contributed by atoms with E-state index in [0.717, 1.165) is 60.9 Å². The Morgan fingerprint density at radius 1 is 0.781 bits per heavy atom. The predicted molar refractivity (Wildman–Crippen MR) is 247 cm³/mol. The molecule has 0 bridgehead atoms. The van der Waals surface area contributed by atoms with Crippen LogP contribution in [0.3, 0.4) is 0 Å². The summed E-state index contributed by atoms with van der Waals surface area (Å²) in [5.41, 5.74) is 6.90. The lowest BCUT2D eigenvalue weighted by atomic mass is 9.34. The van der Waals surface area contributed by atoms with E-state index in [2.05, 4.69) is 65.1 Å². The first kappa shape index (κ1) is 40.9. The van der Waals surface area contributed by atoms with E-state index >= 15 is 0 Å². The fourth-order valence-corrected chi connectivity index (χ4v) is 14.5. The lowest BCUT2D eigenvalue weighted by Gasteiger charge is -2.70. The molecule has 9 N–H and O–H groups in total. The number of hydrogen-bond acceptors (Lipinski definition) is 9. The van der Waals surface area contributed by atoms with Crippen molar-refractivity contribution >= 4 is 22.9 Å². The minimum absolute atomic E-state index is 0.00669. The van der Waals surface area contributed by atoms with E-state index in [4.69, 9.17) is 4.98 Å². The monoisotopic (exact) mass is 859 g/mol. The van der Waals surface area contributed by atoms with Gasteiger partial charge in [0.2, 0.25) is 0 Å². The van der Waals surface area contributed by atoms with Gasteiger partial charge in [-0.2, -0.15) is 0 Å². The molecule has 9 unspecified atom stereocenters. The fraction of sp³-hybridized carbons (Fsp3) is 0.389. The molecule has 0 radical (unpaired) electrons. The topological polar surface area (TPSA) is 182 Å². The zero-order valence-electron chi connectivity index (χ0n) is 35.9. The molecule has 5 aromatic rings. The lowest BCUT2D eigenvalue weighted by molar-refractivity contribution is -0.161. The number of aromatic amines is 1. The molecule has 4 aromatic carbocycles. The number of allylic oxidation sites excluding steroid dienone is 2. The van der Waals surface area contributed by atoms with Crippen LogP contribution in [0.25, 0.3) is 22.9 Å². The summed E-state index contributed by atoms with van der Waals surface area (Å²) in [6.07, 6.45) is 26.8. The standard InChI is InChI=1S/C54H57N3O7/c58-25-20-34-27-35-28-37-5-3-22-53(37)24-23-52-21-2-4-36(52)15-19-43(61)50(52)54(53,45-29-55-30-56-45)51(35)57-47(34)33-13-8-31(9-14-33)10-17-40-38(16-11-32-12-18-41(59)44(62)26-32)39-6-1-7-42(60)46(39)49(64)48(40)63/h1,6-9,11-16,18-19,26-30,36-37,43,47,50-51,57-64H,2-5,10,17,20-25H2,(H,55,56). The Bertz CT molecular complexity index is 2760. The van der Waals surface area contributed by atoms with Gasteiger partial charge in [0.05, 0.1) is 23.9 Å². The number of nitrogens with one attached hydrogen (secondary N) is 2. The number of phenols is 5. The first-order valence-electron chi connectivity index (χ1n) is 23.2. The number of nitrogens with zero attached hydrogens (tertiary/aromatic N) is 1. The minimum Gasteiger partial charge on any atom is -0.507 e. The van der Waals surface area contributed by atoms with Crippen LogP contribution in [0.4, 0.5) is 0 Å². The summed E-state index contributed by atoms with van der Waals surface area (Å²) < 4.78 is 0. The van der Waals surface area contributed by atoms with Crippen molar-refractivity contribution in [3.05, 3.63) is 142 Å². The molecule has 5 aliphatic carbocycles. The molecule has 0 amide bonds. The van der Waals surface area contributed by atoms with E-state index in [1.807, 2.05) is 6.33 Å². The highest BCUT2D eigenvalue weighted by Crippen LogP contribution is 2.76. The smallest absolute Gasteiger partial charge is 0.169 e. The third-order valence-corrected chi connectivity index (χ3v) is 17.0. The zero-order chi connectivity index (χ0) is 44.0. The van der Waals surface area contributed by atoms with Crippen LogP contribution in [0.15, 0.2) is 109 Å². The highest BCUT2D eigenvalue weighted by molar-refractivity contribution is 6.03. The Hall–Kier alpha value is -5.81. The number of aromatic hydroxyl groups is 5. The molecule has 10 nitrogen and oxygen atoms in total. The summed E-state index contributed by atoms with van der Waals surface area (Å²) in [5, 5.41) is 81.4. The normalized spacial score (nSPS) is 31.5. The maximum absolute atomic E-state index is 12.5. The second-order valence-electron chi connectivity index (χ2n) is 19.6. The second kappa shape index (κ2) is 15.4. The second-order valence-corrected chi connectivity index (χ2v) is 19.6. The van der Waals surface area contributed by atoms with Crippen LogP contribution in [0.1, 0.15) is 97.3 Å². The Balaban J connectivity index is 0.955. The largest absolute Gasteiger partial charge is 0.507 e. The van der Waals surface area contributed by atoms with Gasteiger partial charge in [0, 0.05) is 41.4 Å². The van der Waals surface area contributed by atoms with Crippen molar-refractivity contribution in [2.75, 3.05) is 6.61 Å². The van der Waals surface area contributed by atoms with Gasteiger partial charge in [-0.15, -0.1) is 0 Å². The first-order valence-corrected chi connectivity index (χ1v) is 23.2. The number of imidazole rings is 1. The van der Waals surface area contributed by atoms with Gasteiger partial charge in [-0.05, 0) is 137 Å². The molecule has 2 heterocycles. The molecule has 1 aromatic heterocycles. The summed E-state index contributed by atoms with van der Waals surface area (Å²) in [4.78, 5) is 8.39. The molecule has 6 aliphatic rings. The SMILES string of the molecule is OCCC1=CC2=CC3CCCC34CCC35CCCC3C=CC(O)C5C4(c3cnc[nH]3)C2NC1c1ccc(CCc2c(O)c(O)c3c(O)cccc3c2C=Cc2ccc(O)c(O)c2)cc1. The molecule has 2 spiro atoms. The van der Waals surface area contributed by atoms with Gasteiger partial charge in [-0.1, -0.05) is 91.8 Å². The van der Waals surface area contributed by atoms with Crippen LogP contribution >= 0.6 is 0 Å². The van der Waals surface area contributed by atoms with E-state index in [1.54, 1.807) is 30.4 Å². The summed E-state index contributed by atoms with van der Waals surface area (Å²) in [7, 11) is 0. The number of benzene rings is 4. The maximum atomic E-state index is 12.5. The molecule has 9 atom stereocenters. The molecule has 1 aliphatic heterocycles. The van der Waals surface area contributed by atoms with Crippen molar-refractivity contribution in [3.63, 3.8) is 0 Å². The Morgan fingerprint density at radius 3 is 2.41 bits per heavy atom. The molecule has 11 rings (SSSR count). The van der Waals surface area contributed by atoms with Crippen molar-refractivity contribution in [2.24, 2.45) is 28.6 Å². The van der Waals surface area contributed by atoms with Crippen LogP contribution in [-0.2, 0) is 18.3 Å². The van der Waals surface area contributed by atoms with Crippen LogP contribution in [0, 0.1) is 28.6 Å². The summed E-state index contributed by atoms with van der Waals surface area (Å²) in [6.45, 7) is 0.0284. The Morgan fingerprint density at radius 2 is 1.61 bits per heavy atom. The fourth-order valence-electron chi connectivity index (χ4n) is 14.5. The minimum atomic E-state index is -0.579. The van der Waals surface area contributed by atoms with E-state index in [-0.39, 0.29) is 69.6 Å². The van der Waals surface area contributed by atoms with Crippen LogP contribution < -0.4 is 5.32 Å². The number of aromatic nitrogens is 2. The molecule has 3 fully saturated rings. The quantitative estimate of drug-likeness (QED) is 0.0397. The van der Waals surface area contributed by atoms with Crippen molar-refractivity contribution in [2.45, 2.75) is 94.2 Å². The van der Waals surface area contributed by atoms with E-state index < -0.39 is 11.5 Å². The van der Waals surface area contributed by atoms with Crippen molar-refractivity contribution in [3.8, 4) is 28.7 Å². The summed E-state index contributed by atoms with van der Waals surface area (Å²) in [5.74, 6) is -0.490. The van der Waals surface area contributed by atoms with Gasteiger partial charge in [0.15, 0.2) is 23.0 Å². The lowest BCUT2D eigenvalue weighted by Crippen LogP contribution is -2.74.